The van der Waals surface area contributed by atoms with Crippen LogP contribution in [-0.2, 0) is 33.4 Å². The van der Waals surface area contributed by atoms with Crippen LogP contribution in [0.5, 0.6) is 0 Å². The first-order valence-electron chi connectivity index (χ1n) is 17.6. The summed E-state index contributed by atoms with van der Waals surface area (Å²) in [5.74, 6) is -4.17. The minimum Gasteiger partial charge on any atom is -0.459 e. The highest BCUT2D eigenvalue weighted by Crippen LogP contribution is 2.73. The Bertz CT molecular complexity index is 1570. The molecule has 0 amide bonds. The summed E-state index contributed by atoms with van der Waals surface area (Å²) in [5.41, 5.74) is -6.62. The van der Waals surface area contributed by atoms with Crippen LogP contribution in [0, 0.1) is 39.4 Å². The van der Waals surface area contributed by atoms with Crippen molar-refractivity contribution in [2.45, 2.75) is 130 Å². The minimum absolute atomic E-state index is 0.0841. The standard InChI is InChI=1S/C38H54O13/c1-18(40)51-33(2,3)13-12-25(42)38(9,48)30-21(41)15-35(6)24-11-10-19-20(37(24,8)26(43)16-36(30,35)7)14-22(31(47)34(19,4)5)49-32-29(46)28(45)27(44)23(17-39)50-32/h10,12-14,20-21,23-24,27-30,32,39,41,44-46,48H,11,15-17H2,1-9H3/b13-12-/t20-,21-,23-,24+,27-,28+,29-,30+,32-,35+,36-,37+,38+/m1/s1. The van der Waals surface area contributed by atoms with E-state index in [1.54, 1.807) is 33.8 Å². The third-order valence-corrected chi connectivity index (χ3v) is 13.3. The van der Waals surface area contributed by atoms with Crippen LogP contribution in [-0.4, -0.2) is 109 Å². The van der Waals surface area contributed by atoms with E-state index in [0.29, 0.717) is 12.0 Å². The molecule has 3 fully saturated rings. The Kier molecular flexibility index (Phi) is 9.80. The zero-order valence-electron chi connectivity index (χ0n) is 30.9. The van der Waals surface area contributed by atoms with Crippen LogP contribution < -0.4 is 0 Å². The summed E-state index contributed by atoms with van der Waals surface area (Å²) in [6.07, 6.45) is -2.57. The number of esters is 1. The number of rotatable bonds is 8. The molecule has 4 aliphatic carbocycles. The zero-order chi connectivity index (χ0) is 38.4. The van der Waals surface area contributed by atoms with Crippen molar-refractivity contribution in [1.82, 2.24) is 0 Å². The maximum atomic E-state index is 14.8. The van der Waals surface area contributed by atoms with E-state index in [1.165, 1.54) is 19.9 Å². The van der Waals surface area contributed by atoms with Crippen LogP contribution in [0.2, 0.25) is 0 Å². The number of ketones is 3. The molecule has 0 aromatic carbocycles. The molecule has 284 valence electrons. The second-order valence-electron chi connectivity index (χ2n) is 17.2. The first kappa shape index (κ1) is 39.4. The van der Waals surface area contributed by atoms with E-state index in [9.17, 15) is 49.8 Å². The molecule has 0 unspecified atom stereocenters. The largest absolute Gasteiger partial charge is 0.459 e. The fourth-order valence-corrected chi connectivity index (χ4v) is 10.3. The highest BCUT2D eigenvalue weighted by atomic mass is 16.7. The molecule has 0 aromatic heterocycles. The van der Waals surface area contributed by atoms with Crippen molar-refractivity contribution in [2.75, 3.05) is 6.61 Å². The van der Waals surface area contributed by atoms with Gasteiger partial charge in [0.1, 0.15) is 41.4 Å². The topological polar surface area (TPSA) is 217 Å². The van der Waals surface area contributed by atoms with E-state index >= 15 is 0 Å². The Morgan fingerprint density at radius 1 is 1.00 bits per heavy atom. The van der Waals surface area contributed by atoms with Gasteiger partial charge >= 0.3 is 5.97 Å². The van der Waals surface area contributed by atoms with Gasteiger partial charge in [-0.15, -0.1) is 0 Å². The van der Waals surface area contributed by atoms with Gasteiger partial charge in [0.25, 0.3) is 0 Å². The lowest BCUT2D eigenvalue weighted by Gasteiger charge is -2.63. The van der Waals surface area contributed by atoms with Gasteiger partial charge in [-0.1, -0.05) is 32.4 Å². The van der Waals surface area contributed by atoms with Crippen LogP contribution in [0.15, 0.2) is 35.6 Å². The monoisotopic (exact) mass is 718 g/mol. The van der Waals surface area contributed by atoms with Crippen LogP contribution in [0.25, 0.3) is 0 Å². The van der Waals surface area contributed by atoms with Gasteiger partial charge < -0.3 is 44.8 Å². The fourth-order valence-electron chi connectivity index (χ4n) is 10.3. The number of Topliss-reactive ketones (excluding diaryl/α,β-unsaturated/α-hetero) is 2. The quantitative estimate of drug-likeness (QED) is 0.119. The molecule has 0 spiro atoms. The maximum absolute atomic E-state index is 14.8. The molecule has 51 heavy (non-hydrogen) atoms. The summed E-state index contributed by atoms with van der Waals surface area (Å²) in [4.78, 5) is 53.9. The first-order valence-corrected chi connectivity index (χ1v) is 17.6. The molecule has 1 heterocycles. The van der Waals surface area contributed by atoms with Crippen molar-refractivity contribution < 1.29 is 64.0 Å². The molecule has 0 radical (unpaired) electrons. The number of aliphatic hydroxyl groups excluding tert-OH is 5. The zero-order valence-corrected chi connectivity index (χ0v) is 30.9. The predicted octanol–water partition coefficient (Wildman–Crippen LogP) is 1.45. The number of carbonyl (C=O) groups is 4. The molecule has 13 nitrogen and oxygen atoms in total. The number of aliphatic hydroxyl groups is 6. The Hall–Kier alpha value is -2.78. The summed E-state index contributed by atoms with van der Waals surface area (Å²) >= 11 is 0. The van der Waals surface area contributed by atoms with Gasteiger partial charge in [0.05, 0.1) is 18.1 Å². The molecule has 6 N–H and O–H groups in total. The Morgan fingerprint density at radius 3 is 2.22 bits per heavy atom. The molecule has 5 rings (SSSR count). The maximum Gasteiger partial charge on any atom is 0.303 e. The highest BCUT2D eigenvalue weighted by molar-refractivity contribution is 6.02. The third-order valence-electron chi connectivity index (χ3n) is 13.3. The number of allylic oxidation sites excluding steroid dienone is 4. The van der Waals surface area contributed by atoms with Crippen molar-refractivity contribution in [2.24, 2.45) is 39.4 Å². The van der Waals surface area contributed by atoms with E-state index in [4.69, 9.17) is 14.2 Å². The van der Waals surface area contributed by atoms with Crippen LogP contribution in [0.4, 0.5) is 0 Å². The molecule has 0 bridgehead atoms. The molecular weight excluding hydrogens is 664 g/mol. The Morgan fingerprint density at radius 2 is 1.63 bits per heavy atom. The highest BCUT2D eigenvalue weighted by Gasteiger charge is 2.74. The van der Waals surface area contributed by atoms with Crippen molar-refractivity contribution in [3.05, 3.63) is 35.6 Å². The third kappa shape index (κ3) is 5.87. The van der Waals surface area contributed by atoms with E-state index in [1.807, 2.05) is 26.8 Å². The summed E-state index contributed by atoms with van der Waals surface area (Å²) in [5, 5.41) is 64.6. The molecule has 2 saturated carbocycles. The number of ether oxygens (including phenoxy) is 3. The lowest BCUT2D eigenvalue weighted by Crippen LogP contribution is -2.64. The summed E-state index contributed by atoms with van der Waals surface area (Å²) in [6.45, 7) is 14.2. The molecule has 0 aromatic rings. The average Bonchev–Trinajstić information content (AvgIpc) is 3.22. The second kappa shape index (κ2) is 12.7. The van der Waals surface area contributed by atoms with Gasteiger partial charge in [-0.2, -0.15) is 0 Å². The van der Waals surface area contributed by atoms with Crippen LogP contribution in [0.1, 0.15) is 81.6 Å². The molecule has 1 aliphatic heterocycles. The molecule has 1 saturated heterocycles. The first-order chi connectivity index (χ1) is 23.3. The van der Waals surface area contributed by atoms with Gasteiger partial charge in [0.2, 0.25) is 12.1 Å². The summed E-state index contributed by atoms with van der Waals surface area (Å²) < 4.78 is 16.7. The van der Waals surface area contributed by atoms with E-state index in [2.05, 4.69) is 0 Å². The molecule has 13 heteroatoms. The number of hydrogen-bond acceptors (Lipinski definition) is 13. The van der Waals surface area contributed by atoms with Crippen molar-refractivity contribution in [1.29, 1.82) is 0 Å². The number of hydrogen-bond donors (Lipinski definition) is 6. The van der Waals surface area contributed by atoms with Gasteiger partial charge in [-0.3, -0.25) is 19.2 Å². The van der Waals surface area contributed by atoms with Crippen molar-refractivity contribution in [3.8, 4) is 0 Å². The molecular formula is C38H54O13. The second-order valence-corrected chi connectivity index (χ2v) is 17.2. The molecule has 13 atom stereocenters. The lowest BCUT2D eigenvalue weighted by molar-refractivity contribution is -0.291. The number of fused-ring (bicyclic) bond motifs is 5. The van der Waals surface area contributed by atoms with Crippen molar-refractivity contribution in [3.63, 3.8) is 0 Å². The minimum atomic E-state index is -2.09. The predicted molar refractivity (Wildman–Crippen MR) is 180 cm³/mol. The van der Waals surface area contributed by atoms with Crippen molar-refractivity contribution >= 4 is 23.3 Å². The van der Waals surface area contributed by atoms with Gasteiger partial charge in [0, 0.05) is 30.6 Å². The SMILES string of the molecule is CC(=O)OC(C)(C)/C=C\C(=O)[C@](C)(O)[C@H]1[C@H](O)C[C@@]2(C)[C@@H]3CC=C4[C@@H](C=C(O[C@@H]5O[C@H](CO)[C@@H](O)[C@H](O)[C@H]5O)C(=O)C4(C)C)[C@]3(C)C(=O)C[C@]12C. The Balaban J connectivity index is 1.52. The summed E-state index contributed by atoms with van der Waals surface area (Å²) in [6, 6.07) is 0. The normalized spacial score (nSPS) is 43.3. The van der Waals surface area contributed by atoms with Gasteiger partial charge in [0.15, 0.2) is 11.5 Å². The van der Waals surface area contributed by atoms with E-state index in [-0.39, 0.29) is 24.4 Å². The lowest BCUT2D eigenvalue weighted by atomic mass is 9.39. The number of carbonyl (C=O) groups excluding carboxylic acids is 4. The fraction of sp³-hybridized carbons (Fsp3) is 0.737. The Labute approximate surface area is 298 Å². The smallest absolute Gasteiger partial charge is 0.303 e. The van der Waals surface area contributed by atoms with Crippen LogP contribution >= 0.6 is 0 Å². The van der Waals surface area contributed by atoms with Crippen LogP contribution in [0.3, 0.4) is 0 Å². The van der Waals surface area contributed by atoms with E-state index in [0.717, 1.165) is 6.08 Å². The molecule has 5 aliphatic rings. The van der Waals surface area contributed by atoms with Gasteiger partial charge in [-0.25, -0.2) is 0 Å². The van der Waals surface area contributed by atoms with E-state index < -0.39 is 112 Å². The van der Waals surface area contributed by atoms with Gasteiger partial charge in [-0.05, 0) is 82.4 Å². The average molecular weight is 719 g/mol. The summed E-state index contributed by atoms with van der Waals surface area (Å²) in [7, 11) is 0.